The largest absolute Gasteiger partial charge is 0.494 e. The molecule has 120 valence electrons. The standard InChI is InChI=1S/C18H19FN2O2/c1-22-18-5-3-2-4-16(18)20-13-14-6-7-17(15(19)12-14)21-8-10-23-11-9-21/h2-7,12-13H,8-11H2,1H3. The second-order valence-corrected chi connectivity index (χ2v) is 5.24. The van der Waals surface area contributed by atoms with Crippen LogP contribution in [0.15, 0.2) is 47.5 Å². The van der Waals surface area contributed by atoms with Gasteiger partial charge in [0.2, 0.25) is 0 Å². The Kier molecular flexibility index (Phi) is 4.88. The Morgan fingerprint density at radius 3 is 2.70 bits per heavy atom. The number of aliphatic imine (C=N–C) groups is 1. The zero-order valence-corrected chi connectivity index (χ0v) is 13.0. The molecular formula is C18H19FN2O2. The summed E-state index contributed by atoms with van der Waals surface area (Å²) < 4.78 is 24.9. The van der Waals surface area contributed by atoms with Crippen LogP contribution in [-0.2, 0) is 4.74 Å². The number of morpholine rings is 1. The number of hydrogen-bond donors (Lipinski definition) is 0. The van der Waals surface area contributed by atoms with Crippen molar-refractivity contribution in [1.82, 2.24) is 0 Å². The first-order valence-electron chi connectivity index (χ1n) is 7.57. The lowest BCUT2D eigenvalue weighted by atomic mass is 10.2. The van der Waals surface area contributed by atoms with Crippen molar-refractivity contribution >= 4 is 17.6 Å². The Bertz CT molecular complexity index is 697. The van der Waals surface area contributed by atoms with E-state index in [4.69, 9.17) is 9.47 Å². The molecule has 0 bridgehead atoms. The molecule has 1 fully saturated rings. The second kappa shape index (κ2) is 7.24. The lowest BCUT2D eigenvalue weighted by Crippen LogP contribution is -2.36. The van der Waals surface area contributed by atoms with Gasteiger partial charge in [-0.15, -0.1) is 0 Å². The minimum absolute atomic E-state index is 0.240. The van der Waals surface area contributed by atoms with Crippen LogP contribution in [0.1, 0.15) is 5.56 Å². The molecule has 0 atom stereocenters. The number of anilines is 1. The zero-order valence-electron chi connectivity index (χ0n) is 13.0. The van der Waals surface area contributed by atoms with Gasteiger partial charge in [-0.05, 0) is 29.8 Å². The fourth-order valence-electron chi connectivity index (χ4n) is 2.54. The van der Waals surface area contributed by atoms with Crippen LogP contribution >= 0.6 is 0 Å². The summed E-state index contributed by atoms with van der Waals surface area (Å²) in [4.78, 5) is 6.38. The number of para-hydroxylation sites is 2. The number of ether oxygens (including phenoxy) is 2. The molecule has 3 rings (SSSR count). The van der Waals surface area contributed by atoms with Crippen LogP contribution in [0, 0.1) is 5.82 Å². The minimum Gasteiger partial charge on any atom is -0.494 e. The molecule has 0 spiro atoms. The van der Waals surface area contributed by atoms with Crippen LogP contribution in [0.3, 0.4) is 0 Å². The highest BCUT2D eigenvalue weighted by Gasteiger charge is 2.14. The molecule has 5 heteroatoms. The van der Waals surface area contributed by atoms with E-state index in [0.29, 0.717) is 49.0 Å². The normalized spacial score (nSPS) is 15.1. The molecule has 1 aliphatic rings. The van der Waals surface area contributed by atoms with Gasteiger partial charge < -0.3 is 14.4 Å². The Balaban J connectivity index is 1.78. The van der Waals surface area contributed by atoms with Gasteiger partial charge in [-0.3, -0.25) is 4.99 Å². The average molecular weight is 314 g/mol. The molecule has 1 heterocycles. The third-order valence-corrected chi connectivity index (χ3v) is 3.76. The van der Waals surface area contributed by atoms with Gasteiger partial charge >= 0.3 is 0 Å². The van der Waals surface area contributed by atoms with Gasteiger partial charge in [0.05, 0.1) is 26.0 Å². The predicted molar refractivity (Wildman–Crippen MR) is 89.7 cm³/mol. The molecule has 0 N–H and O–H groups in total. The highest BCUT2D eigenvalue weighted by atomic mass is 19.1. The fraction of sp³-hybridized carbons (Fsp3) is 0.278. The number of hydrogen-bond acceptors (Lipinski definition) is 4. The van der Waals surface area contributed by atoms with E-state index >= 15 is 0 Å². The van der Waals surface area contributed by atoms with E-state index in [1.165, 1.54) is 6.07 Å². The second-order valence-electron chi connectivity index (χ2n) is 5.24. The molecule has 0 unspecified atom stereocenters. The van der Waals surface area contributed by atoms with E-state index in [-0.39, 0.29) is 5.82 Å². The lowest BCUT2D eigenvalue weighted by Gasteiger charge is -2.29. The maximum Gasteiger partial charge on any atom is 0.147 e. The number of benzene rings is 2. The van der Waals surface area contributed by atoms with Crippen molar-refractivity contribution in [3.63, 3.8) is 0 Å². The summed E-state index contributed by atoms with van der Waals surface area (Å²) in [5, 5.41) is 0. The highest BCUT2D eigenvalue weighted by molar-refractivity contribution is 5.83. The number of rotatable bonds is 4. The maximum absolute atomic E-state index is 14.3. The van der Waals surface area contributed by atoms with Gasteiger partial charge in [-0.25, -0.2) is 4.39 Å². The third kappa shape index (κ3) is 3.68. The molecule has 0 saturated carbocycles. The molecule has 0 amide bonds. The number of nitrogens with zero attached hydrogens (tertiary/aromatic N) is 2. The first-order valence-corrected chi connectivity index (χ1v) is 7.57. The van der Waals surface area contributed by atoms with Crippen molar-refractivity contribution in [2.75, 3.05) is 38.3 Å². The van der Waals surface area contributed by atoms with Gasteiger partial charge in [-0.1, -0.05) is 18.2 Å². The Morgan fingerprint density at radius 1 is 1.17 bits per heavy atom. The zero-order chi connectivity index (χ0) is 16.1. The molecule has 0 aliphatic carbocycles. The average Bonchev–Trinajstić information content (AvgIpc) is 2.61. The van der Waals surface area contributed by atoms with E-state index in [9.17, 15) is 4.39 Å². The summed E-state index contributed by atoms with van der Waals surface area (Å²) in [7, 11) is 1.60. The Labute approximate surface area is 135 Å². The molecule has 0 aromatic heterocycles. The van der Waals surface area contributed by atoms with E-state index in [0.717, 1.165) is 0 Å². The van der Waals surface area contributed by atoms with Crippen LogP contribution < -0.4 is 9.64 Å². The Morgan fingerprint density at radius 2 is 1.96 bits per heavy atom. The summed E-state index contributed by atoms with van der Waals surface area (Å²) in [6, 6.07) is 12.6. The van der Waals surface area contributed by atoms with Crippen molar-refractivity contribution in [3.8, 4) is 5.75 Å². The molecule has 1 saturated heterocycles. The first-order chi connectivity index (χ1) is 11.3. The molecule has 0 radical (unpaired) electrons. The maximum atomic E-state index is 14.3. The van der Waals surface area contributed by atoms with E-state index in [1.54, 1.807) is 19.4 Å². The summed E-state index contributed by atoms with van der Waals surface area (Å²) >= 11 is 0. The van der Waals surface area contributed by atoms with Gasteiger partial charge in [0.1, 0.15) is 17.3 Å². The lowest BCUT2D eigenvalue weighted by molar-refractivity contribution is 0.122. The SMILES string of the molecule is COc1ccccc1N=Cc1ccc(N2CCOCC2)c(F)c1. The Hall–Kier alpha value is -2.40. The molecule has 2 aromatic rings. The summed E-state index contributed by atoms with van der Waals surface area (Å²) in [6.45, 7) is 2.70. The van der Waals surface area contributed by atoms with Crippen molar-refractivity contribution in [2.24, 2.45) is 4.99 Å². The van der Waals surface area contributed by atoms with Crippen LogP contribution in [0.25, 0.3) is 0 Å². The topological polar surface area (TPSA) is 34.1 Å². The molecule has 1 aliphatic heterocycles. The van der Waals surface area contributed by atoms with Crippen LogP contribution in [0.5, 0.6) is 5.75 Å². The van der Waals surface area contributed by atoms with Gasteiger partial charge in [0.15, 0.2) is 0 Å². The van der Waals surface area contributed by atoms with Crippen molar-refractivity contribution in [1.29, 1.82) is 0 Å². The monoisotopic (exact) mass is 314 g/mol. The molecular weight excluding hydrogens is 295 g/mol. The predicted octanol–water partition coefficient (Wildman–Crippen LogP) is 3.42. The van der Waals surface area contributed by atoms with Crippen molar-refractivity contribution in [2.45, 2.75) is 0 Å². The molecule has 23 heavy (non-hydrogen) atoms. The summed E-state index contributed by atoms with van der Waals surface area (Å²) in [5.41, 5.74) is 2.04. The first kappa shape index (κ1) is 15.5. The number of methoxy groups -OCH3 is 1. The smallest absolute Gasteiger partial charge is 0.147 e. The summed E-state index contributed by atoms with van der Waals surface area (Å²) in [5.74, 6) is 0.449. The van der Waals surface area contributed by atoms with Gasteiger partial charge in [-0.2, -0.15) is 0 Å². The van der Waals surface area contributed by atoms with E-state index in [2.05, 4.69) is 4.99 Å². The summed E-state index contributed by atoms with van der Waals surface area (Å²) in [6.07, 6.45) is 1.64. The number of halogens is 1. The molecule has 4 nitrogen and oxygen atoms in total. The minimum atomic E-state index is -0.240. The van der Waals surface area contributed by atoms with E-state index in [1.807, 2.05) is 35.2 Å². The van der Waals surface area contributed by atoms with Crippen molar-refractivity contribution < 1.29 is 13.9 Å². The van der Waals surface area contributed by atoms with Crippen LogP contribution in [0.2, 0.25) is 0 Å². The van der Waals surface area contributed by atoms with E-state index < -0.39 is 0 Å². The fourth-order valence-corrected chi connectivity index (χ4v) is 2.54. The quantitative estimate of drug-likeness (QED) is 0.811. The van der Waals surface area contributed by atoms with Gasteiger partial charge in [0.25, 0.3) is 0 Å². The van der Waals surface area contributed by atoms with Gasteiger partial charge in [0, 0.05) is 19.3 Å². The molecule has 2 aromatic carbocycles. The highest BCUT2D eigenvalue weighted by Crippen LogP contribution is 2.26. The third-order valence-electron chi connectivity index (χ3n) is 3.76. The van der Waals surface area contributed by atoms with Crippen LogP contribution in [-0.4, -0.2) is 39.6 Å². The van der Waals surface area contributed by atoms with Crippen LogP contribution in [0.4, 0.5) is 15.8 Å². The van der Waals surface area contributed by atoms with Crippen molar-refractivity contribution in [3.05, 3.63) is 53.8 Å².